The predicted molar refractivity (Wildman–Crippen MR) is 104 cm³/mol. The zero-order chi connectivity index (χ0) is 18.4. The van der Waals surface area contributed by atoms with Crippen LogP contribution in [0, 0.1) is 12.7 Å². The van der Waals surface area contributed by atoms with E-state index in [9.17, 15) is 4.39 Å². The molecule has 2 aromatic rings. The first kappa shape index (κ1) is 19.4. The van der Waals surface area contributed by atoms with Gasteiger partial charge >= 0.3 is 0 Å². The number of thiazole rings is 1. The molecule has 136 valence electrons. The van der Waals surface area contributed by atoms with Gasteiger partial charge in [-0.2, -0.15) is 0 Å². The van der Waals surface area contributed by atoms with Crippen molar-refractivity contribution < 1.29 is 4.39 Å². The normalized spacial score (nSPS) is 13.2. The fourth-order valence-electron chi connectivity index (χ4n) is 2.37. The Morgan fingerprint density at radius 1 is 1.32 bits per heavy atom. The second kappa shape index (κ2) is 8.94. The molecule has 1 heterocycles. The van der Waals surface area contributed by atoms with Crippen molar-refractivity contribution in [3.8, 4) is 0 Å². The van der Waals surface area contributed by atoms with Crippen molar-refractivity contribution >= 4 is 17.3 Å². The van der Waals surface area contributed by atoms with Crippen LogP contribution < -0.4 is 10.6 Å². The number of guanidine groups is 1. The lowest BCUT2D eigenvalue weighted by Crippen LogP contribution is -2.39. The van der Waals surface area contributed by atoms with Gasteiger partial charge in [-0.05, 0) is 31.0 Å². The summed E-state index contributed by atoms with van der Waals surface area (Å²) in [5.41, 5.74) is 2.65. The Hall–Kier alpha value is -1.95. The van der Waals surface area contributed by atoms with Crippen LogP contribution in [-0.2, 0) is 6.42 Å². The molecular weight excluding hydrogens is 335 g/mol. The molecule has 25 heavy (non-hydrogen) atoms. The van der Waals surface area contributed by atoms with Gasteiger partial charge in [-0.25, -0.2) is 9.37 Å². The van der Waals surface area contributed by atoms with Crippen LogP contribution in [0.15, 0.2) is 28.6 Å². The second-order valence-electron chi connectivity index (χ2n) is 6.46. The van der Waals surface area contributed by atoms with Crippen LogP contribution in [0.5, 0.6) is 0 Å². The lowest BCUT2D eigenvalue weighted by atomic mass is 10.1. The van der Waals surface area contributed by atoms with Gasteiger partial charge in [-0.15, -0.1) is 11.3 Å². The minimum Gasteiger partial charge on any atom is -0.356 e. The first-order valence-electron chi connectivity index (χ1n) is 8.58. The van der Waals surface area contributed by atoms with Gasteiger partial charge in [0.2, 0.25) is 0 Å². The third-order valence-corrected chi connectivity index (χ3v) is 5.20. The third kappa shape index (κ3) is 5.53. The van der Waals surface area contributed by atoms with Gasteiger partial charge in [0, 0.05) is 31.3 Å². The highest BCUT2D eigenvalue weighted by Gasteiger charge is 2.10. The van der Waals surface area contributed by atoms with E-state index in [0.29, 0.717) is 17.4 Å². The Morgan fingerprint density at radius 3 is 2.68 bits per heavy atom. The van der Waals surface area contributed by atoms with E-state index < -0.39 is 0 Å². The van der Waals surface area contributed by atoms with E-state index in [0.717, 1.165) is 24.2 Å². The van der Waals surface area contributed by atoms with E-state index in [2.05, 4.69) is 39.8 Å². The molecule has 6 heteroatoms. The Labute approximate surface area is 153 Å². The number of aryl methyl sites for hydroxylation is 1. The van der Waals surface area contributed by atoms with Gasteiger partial charge in [0.25, 0.3) is 0 Å². The average molecular weight is 363 g/mol. The maximum atomic E-state index is 13.7. The molecular formula is C19H27FN4S. The first-order valence-corrected chi connectivity index (χ1v) is 9.46. The van der Waals surface area contributed by atoms with Crippen molar-refractivity contribution in [2.75, 3.05) is 13.6 Å². The summed E-state index contributed by atoms with van der Waals surface area (Å²) in [6.45, 7) is 8.81. The minimum absolute atomic E-state index is 0.0342. The molecule has 0 saturated carbocycles. The van der Waals surface area contributed by atoms with E-state index in [4.69, 9.17) is 0 Å². The summed E-state index contributed by atoms with van der Waals surface area (Å²) in [6, 6.07) is 5.27. The molecule has 1 atom stereocenters. The fraction of sp³-hybridized carbons (Fsp3) is 0.474. The van der Waals surface area contributed by atoms with Crippen molar-refractivity contribution in [3.05, 3.63) is 51.2 Å². The highest BCUT2D eigenvalue weighted by Crippen LogP contribution is 2.19. The van der Waals surface area contributed by atoms with Crippen molar-refractivity contribution in [3.63, 3.8) is 0 Å². The van der Waals surface area contributed by atoms with Crippen LogP contribution in [0.4, 0.5) is 4.39 Å². The quantitative estimate of drug-likeness (QED) is 0.599. The SMILES string of the molecule is CN=C(NCCc1csc(C(C)C)n1)NC(C)c1ccc(C)c(F)c1. The van der Waals surface area contributed by atoms with Gasteiger partial charge in [-0.1, -0.05) is 26.0 Å². The Bertz CT molecular complexity index is 724. The Morgan fingerprint density at radius 2 is 2.08 bits per heavy atom. The topological polar surface area (TPSA) is 49.3 Å². The number of nitrogens with one attached hydrogen (secondary N) is 2. The van der Waals surface area contributed by atoms with Crippen LogP contribution in [0.2, 0.25) is 0 Å². The van der Waals surface area contributed by atoms with Gasteiger partial charge in [0.05, 0.1) is 16.7 Å². The van der Waals surface area contributed by atoms with Gasteiger partial charge in [0.1, 0.15) is 5.82 Å². The first-order chi connectivity index (χ1) is 11.9. The summed E-state index contributed by atoms with van der Waals surface area (Å²) in [5, 5.41) is 9.88. The smallest absolute Gasteiger partial charge is 0.191 e. The summed E-state index contributed by atoms with van der Waals surface area (Å²) in [4.78, 5) is 8.88. The zero-order valence-electron chi connectivity index (χ0n) is 15.6. The summed E-state index contributed by atoms with van der Waals surface area (Å²) >= 11 is 1.71. The Balaban J connectivity index is 1.86. The van der Waals surface area contributed by atoms with E-state index in [1.54, 1.807) is 37.4 Å². The lowest BCUT2D eigenvalue weighted by Gasteiger charge is -2.18. The highest BCUT2D eigenvalue weighted by molar-refractivity contribution is 7.09. The van der Waals surface area contributed by atoms with Crippen molar-refractivity contribution in [2.45, 2.75) is 46.1 Å². The molecule has 0 aliphatic rings. The fourth-order valence-corrected chi connectivity index (χ4v) is 3.24. The maximum Gasteiger partial charge on any atom is 0.191 e. The van der Waals surface area contributed by atoms with E-state index >= 15 is 0 Å². The number of aliphatic imine (C=N–C) groups is 1. The maximum absolute atomic E-state index is 13.7. The molecule has 0 amide bonds. The number of aromatic nitrogens is 1. The van der Waals surface area contributed by atoms with Gasteiger partial charge in [-0.3, -0.25) is 4.99 Å². The van der Waals surface area contributed by atoms with E-state index in [1.807, 2.05) is 13.0 Å². The summed E-state index contributed by atoms with van der Waals surface area (Å²) in [5.74, 6) is 0.989. The average Bonchev–Trinajstić information content (AvgIpc) is 3.05. The van der Waals surface area contributed by atoms with Crippen molar-refractivity contribution in [1.29, 1.82) is 0 Å². The largest absolute Gasteiger partial charge is 0.356 e. The van der Waals surface area contributed by atoms with Crippen LogP contribution >= 0.6 is 11.3 Å². The minimum atomic E-state index is -0.182. The molecule has 0 saturated heterocycles. The lowest BCUT2D eigenvalue weighted by molar-refractivity contribution is 0.607. The van der Waals surface area contributed by atoms with Gasteiger partial charge in [0.15, 0.2) is 5.96 Å². The molecule has 0 spiro atoms. The number of hydrogen-bond acceptors (Lipinski definition) is 3. The molecule has 1 aromatic heterocycles. The third-order valence-electron chi connectivity index (χ3n) is 4.01. The van der Waals surface area contributed by atoms with E-state index in [-0.39, 0.29) is 11.9 Å². The standard InChI is InChI=1S/C19H27FN4S/c1-12(2)18-24-16(11-25-18)8-9-22-19(21-5)23-14(4)15-7-6-13(3)17(20)10-15/h6-7,10-12,14H,8-9H2,1-5H3,(H2,21,22,23). The highest BCUT2D eigenvalue weighted by atomic mass is 32.1. The second-order valence-corrected chi connectivity index (χ2v) is 7.35. The molecule has 0 radical (unpaired) electrons. The van der Waals surface area contributed by atoms with Crippen LogP contribution in [0.3, 0.4) is 0 Å². The monoisotopic (exact) mass is 362 g/mol. The molecule has 4 nitrogen and oxygen atoms in total. The molecule has 0 bridgehead atoms. The Kier molecular flexibility index (Phi) is 6.93. The molecule has 1 aromatic carbocycles. The molecule has 1 unspecified atom stereocenters. The number of halogens is 1. The zero-order valence-corrected chi connectivity index (χ0v) is 16.4. The number of benzene rings is 1. The van der Waals surface area contributed by atoms with Crippen LogP contribution in [0.1, 0.15) is 54.6 Å². The van der Waals surface area contributed by atoms with Crippen LogP contribution in [-0.4, -0.2) is 24.5 Å². The number of rotatable bonds is 6. The molecule has 0 aliphatic carbocycles. The summed E-state index contributed by atoms with van der Waals surface area (Å²) in [7, 11) is 1.73. The van der Waals surface area contributed by atoms with Gasteiger partial charge < -0.3 is 10.6 Å². The number of nitrogens with zero attached hydrogens (tertiary/aromatic N) is 2. The molecule has 0 aliphatic heterocycles. The molecule has 0 fully saturated rings. The summed E-state index contributed by atoms with van der Waals surface area (Å²) in [6.07, 6.45) is 0.845. The molecule has 2 rings (SSSR count). The van der Waals surface area contributed by atoms with Crippen molar-refractivity contribution in [2.24, 2.45) is 4.99 Å². The predicted octanol–water partition coefficient (Wildman–Crippen LogP) is 4.18. The molecule has 2 N–H and O–H groups in total. The number of hydrogen-bond donors (Lipinski definition) is 2. The van der Waals surface area contributed by atoms with Crippen molar-refractivity contribution in [1.82, 2.24) is 15.6 Å². The summed E-state index contributed by atoms with van der Waals surface area (Å²) < 4.78 is 13.7. The van der Waals surface area contributed by atoms with Crippen LogP contribution in [0.25, 0.3) is 0 Å². The van der Waals surface area contributed by atoms with E-state index in [1.165, 1.54) is 5.01 Å².